The van der Waals surface area contributed by atoms with Crippen molar-refractivity contribution in [3.8, 4) is 11.4 Å². The molecule has 0 bridgehead atoms. The van der Waals surface area contributed by atoms with Crippen molar-refractivity contribution in [3.63, 3.8) is 0 Å². The molecular formula is C22H24N6S. The van der Waals surface area contributed by atoms with Crippen molar-refractivity contribution < 1.29 is 0 Å². The lowest BCUT2D eigenvalue weighted by Crippen LogP contribution is -2.35. The lowest BCUT2D eigenvalue weighted by atomic mass is 10.0. The van der Waals surface area contributed by atoms with Crippen LogP contribution >= 0.6 is 11.3 Å². The second-order valence-electron chi connectivity index (χ2n) is 7.35. The number of guanidine groups is 1. The van der Waals surface area contributed by atoms with Gasteiger partial charge in [0, 0.05) is 31.6 Å². The van der Waals surface area contributed by atoms with Gasteiger partial charge in [0.05, 0.1) is 5.69 Å². The highest BCUT2D eigenvalue weighted by molar-refractivity contribution is 7.14. The molecule has 0 amide bonds. The molecule has 1 aromatic carbocycles. The number of nitrogens with one attached hydrogen (secondary N) is 2. The summed E-state index contributed by atoms with van der Waals surface area (Å²) in [6.45, 7) is 3.73. The molecule has 0 aliphatic carbocycles. The van der Waals surface area contributed by atoms with E-state index < -0.39 is 0 Å². The molecule has 0 saturated carbocycles. The predicted molar refractivity (Wildman–Crippen MR) is 120 cm³/mol. The highest BCUT2D eigenvalue weighted by atomic mass is 32.1. The normalized spacial score (nSPS) is 16.4. The highest BCUT2D eigenvalue weighted by Crippen LogP contribution is 2.27. The monoisotopic (exact) mass is 404 g/mol. The maximum atomic E-state index is 4.94. The molecule has 2 aliphatic rings. The zero-order valence-electron chi connectivity index (χ0n) is 16.3. The van der Waals surface area contributed by atoms with Crippen LogP contribution in [0.1, 0.15) is 24.0 Å². The van der Waals surface area contributed by atoms with E-state index in [0.717, 1.165) is 73.7 Å². The zero-order chi connectivity index (χ0) is 19.5. The molecule has 2 aromatic heterocycles. The van der Waals surface area contributed by atoms with Crippen LogP contribution < -0.4 is 15.5 Å². The summed E-state index contributed by atoms with van der Waals surface area (Å²) in [5, 5.41) is 9.43. The molecule has 7 heteroatoms. The number of hydrogen-bond acceptors (Lipinski definition) is 7. The number of hydrogen-bond donors (Lipinski definition) is 2. The summed E-state index contributed by atoms with van der Waals surface area (Å²) < 4.78 is 0. The van der Waals surface area contributed by atoms with E-state index in [1.165, 1.54) is 11.1 Å². The Kier molecular flexibility index (Phi) is 5.13. The molecule has 148 valence electrons. The number of aliphatic imine (C=N–C) groups is 1. The van der Waals surface area contributed by atoms with Gasteiger partial charge in [-0.15, -0.1) is 11.3 Å². The molecule has 6 nitrogen and oxygen atoms in total. The summed E-state index contributed by atoms with van der Waals surface area (Å²) in [4.78, 5) is 16.5. The average Bonchev–Trinajstić information content (AvgIpc) is 3.12. The van der Waals surface area contributed by atoms with Crippen LogP contribution in [0.3, 0.4) is 0 Å². The number of aryl methyl sites for hydroxylation is 1. The van der Waals surface area contributed by atoms with Crippen LogP contribution in [0.4, 0.5) is 10.9 Å². The SMILES string of the molecule is c1cc(-c2csc(NC3=NCCCN3)n2)nc(N2CCCc3ccccc3C2)c1. The first-order valence-electron chi connectivity index (χ1n) is 10.2. The van der Waals surface area contributed by atoms with E-state index in [0.29, 0.717) is 0 Å². The number of thiazole rings is 1. The van der Waals surface area contributed by atoms with Gasteiger partial charge in [0.25, 0.3) is 0 Å². The van der Waals surface area contributed by atoms with Gasteiger partial charge < -0.3 is 15.5 Å². The third-order valence-corrected chi connectivity index (χ3v) is 6.06. The van der Waals surface area contributed by atoms with E-state index in [-0.39, 0.29) is 0 Å². The molecule has 2 N–H and O–H groups in total. The topological polar surface area (TPSA) is 65.4 Å². The Hall–Kier alpha value is -2.93. The summed E-state index contributed by atoms with van der Waals surface area (Å²) in [7, 11) is 0. The number of aromatic nitrogens is 2. The smallest absolute Gasteiger partial charge is 0.197 e. The lowest BCUT2D eigenvalue weighted by molar-refractivity contribution is 0.740. The van der Waals surface area contributed by atoms with Crippen LogP contribution in [0, 0.1) is 0 Å². The standard InChI is InChI=1S/C22H24N6S/c1-2-7-17-14-28(13-4-8-16(17)6-1)20-10-3-9-18(25-20)19-15-29-22(26-19)27-21-23-11-5-12-24-21/h1-3,6-7,9-10,15H,4-5,8,11-14H2,(H2,23,24,26,27). The molecule has 5 rings (SSSR count). The first-order valence-corrected chi connectivity index (χ1v) is 11.0. The predicted octanol–water partition coefficient (Wildman–Crippen LogP) is 3.92. The van der Waals surface area contributed by atoms with Crippen molar-refractivity contribution in [1.82, 2.24) is 15.3 Å². The van der Waals surface area contributed by atoms with Crippen LogP contribution in [-0.4, -0.2) is 35.6 Å². The summed E-state index contributed by atoms with van der Waals surface area (Å²) in [5.41, 5.74) is 4.66. The van der Waals surface area contributed by atoms with Crippen molar-refractivity contribution in [3.05, 3.63) is 59.0 Å². The minimum absolute atomic E-state index is 0.807. The Morgan fingerprint density at radius 3 is 2.79 bits per heavy atom. The second-order valence-corrected chi connectivity index (χ2v) is 8.21. The van der Waals surface area contributed by atoms with Crippen molar-refractivity contribution in [2.45, 2.75) is 25.8 Å². The van der Waals surface area contributed by atoms with Gasteiger partial charge in [-0.25, -0.2) is 9.97 Å². The Labute approximate surface area is 174 Å². The second kappa shape index (κ2) is 8.21. The van der Waals surface area contributed by atoms with Gasteiger partial charge in [-0.1, -0.05) is 30.3 Å². The zero-order valence-corrected chi connectivity index (χ0v) is 17.1. The van der Waals surface area contributed by atoms with Crippen LogP contribution in [-0.2, 0) is 13.0 Å². The summed E-state index contributed by atoms with van der Waals surface area (Å²) >= 11 is 1.58. The van der Waals surface area contributed by atoms with Gasteiger partial charge in [-0.3, -0.25) is 4.99 Å². The first-order chi connectivity index (χ1) is 14.3. The molecule has 2 aliphatic heterocycles. The highest BCUT2D eigenvalue weighted by Gasteiger charge is 2.16. The fourth-order valence-corrected chi connectivity index (χ4v) is 4.51. The van der Waals surface area contributed by atoms with E-state index >= 15 is 0 Å². The van der Waals surface area contributed by atoms with Crippen LogP contribution in [0.2, 0.25) is 0 Å². The van der Waals surface area contributed by atoms with E-state index in [1.54, 1.807) is 11.3 Å². The number of nitrogens with zero attached hydrogens (tertiary/aromatic N) is 4. The van der Waals surface area contributed by atoms with E-state index in [1.807, 2.05) is 6.07 Å². The average molecular weight is 405 g/mol. The number of pyridine rings is 1. The number of fused-ring (bicyclic) bond motifs is 1. The van der Waals surface area contributed by atoms with Gasteiger partial charge in [-0.05, 0) is 42.5 Å². The largest absolute Gasteiger partial charge is 0.356 e. The summed E-state index contributed by atoms with van der Waals surface area (Å²) in [6, 6.07) is 15.0. The lowest BCUT2D eigenvalue weighted by Gasteiger charge is -2.22. The Morgan fingerprint density at radius 2 is 1.90 bits per heavy atom. The fourth-order valence-electron chi connectivity index (χ4n) is 3.80. The van der Waals surface area contributed by atoms with Gasteiger partial charge >= 0.3 is 0 Å². The third-order valence-electron chi connectivity index (χ3n) is 5.30. The van der Waals surface area contributed by atoms with Crippen molar-refractivity contribution >= 4 is 28.2 Å². The number of benzene rings is 1. The van der Waals surface area contributed by atoms with E-state index in [9.17, 15) is 0 Å². The van der Waals surface area contributed by atoms with Crippen LogP contribution in [0.5, 0.6) is 0 Å². The summed E-state index contributed by atoms with van der Waals surface area (Å²) in [5.74, 6) is 1.82. The molecule has 0 radical (unpaired) electrons. The molecule has 0 fully saturated rings. The van der Waals surface area contributed by atoms with Crippen molar-refractivity contribution in [2.75, 3.05) is 29.9 Å². The molecule has 29 heavy (non-hydrogen) atoms. The van der Waals surface area contributed by atoms with Gasteiger partial charge in [0.1, 0.15) is 11.5 Å². The fraction of sp³-hybridized carbons (Fsp3) is 0.318. The molecule has 0 spiro atoms. The van der Waals surface area contributed by atoms with Crippen molar-refractivity contribution in [2.24, 2.45) is 4.99 Å². The molecule has 3 aromatic rings. The maximum absolute atomic E-state index is 4.94. The molecule has 0 unspecified atom stereocenters. The van der Waals surface area contributed by atoms with Crippen molar-refractivity contribution in [1.29, 1.82) is 0 Å². The number of rotatable bonds is 3. The van der Waals surface area contributed by atoms with E-state index in [2.05, 4.69) is 62.3 Å². The minimum Gasteiger partial charge on any atom is -0.356 e. The first kappa shape index (κ1) is 18.1. The maximum Gasteiger partial charge on any atom is 0.197 e. The quantitative estimate of drug-likeness (QED) is 0.693. The van der Waals surface area contributed by atoms with Crippen LogP contribution in [0.25, 0.3) is 11.4 Å². The number of anilines is 2. The summed E-state index contributed by atoms with van der Waals surface area (Å²) in [6.07, 6.45) is 3.35. The van der Waals surface area contributed by atoms with Gasteiger partial charge in [0.15, 0.2) is 11.1 Å². The molecule has 0 atom stereocenters. The third kappa shape index (κ3) is 4.10. The Balaban J connectivity index is 1.36. The minimum atomic E-state index is 0.807. The Morgan fingerprint density at radius 1 is 0.966 bits per heavy atom. The molecule has 0 saturated heterocycles. The molecular weight excluding hydrogens is 380 g/mol. The van der Waals surface area contributed by atoms with Gasteiger partial charge in [0.2, 0.25) is 0 Å². The molecule has 4 heterocycles. The Bertz CT molecular complexity index is 1030. The van der Waals surface area contributed by atoms with E-state index in [4.69, 9.17) is 9.97 Å². The van der Waals surface area contributed by atoms with Gasteiger partial charge in [-0.2, -0.15) is 0 Å². The van der Waals surface area contributed by atoms with Crippen LogP contribution in [0.15, 0.2) is 52.8 Å².